The zero-order valence-corrected chi connectivity index (χ0v) is 16.2. The number of benzene rings is 1. The number of ether oxygens (including phenoxy) is 3. The summed E-state index contributed by atoms with van der Waals surface area (Å²) in [4.78, 5) is 13.1. The summed E-state index contributed by atoms with van der Waals surface area (Å²) in [6, 6.07) is 10.5. The molecule has 4 nitrogen and oxygen atoms in total. The number of esters is 1. The molecule has 0 bridgehead atoms. The molecule has 0 N–H and O–H groups in total. The van der Waals surface area contributed by atoms with E-state index in [0.29, 0.717) is 37.6 Å². The Morgan fingerprint density at radius 3 is 2.64 bits per heavy atom. The van der Waals surface area contributed by atoms with Crippen LogP contribution in [0.2, 0.25) is 4.31 Å². The van der Waals surface area contributed by atoms with Crippen molar-refractivity contribution < 1.29 is 19.0 Å². The van der Waals surface area contributed by atoms with Crippen molar-refractivity contribution in [3.05, 3.63) is 30.3 Å². The van der Waals surface area contributed by atoms with Gasteiger partial charge in [0.25, 0.3) is 0 Å². The number of carbonyl (C=O) groups is 1. The fraction of sp³-hybridized carbons (Fsp3) is 0.650. The van der Waals surface area contributed by atoms with E-state index in [9.17, 15) is 4.79 Å². The van der Waals surface area contributed by atoms with Gasteiger partial charge in [-0.05, 0) is 0 Å². The van der Waals surface area contributed by atoms with Crippen LogP contribution in [0, 0.1) is 23.7 Å². The third kappa shape index (κ3) is 2.51. The first-order valence-corrected chi connectivity index (χ1v) is 11.0. The summed E-state index contributed by atoms with van der Waals surface area (Å²) in [5.41, 5.74) is 0. The first-order valence-electron chi connectivity index (χ1n) is 9.32. The number of fused-ring (bicyclic) bond motifs is 3. The molecule has 1 aromatic rings. The predicted octanol–water partition coefficient (Wildman–Crippen LogP) is 2.16. The molecule has 0 aromatic heterocycles. The summed E-state index contributed by atoms with van der Waals surface area (Å²) in [6.45, 7) is 4.17. The van der Waals surface area contributed by atoms with Crippen LogP contribution in [-0.4, -0.2) is 46.5 Å². The van der Waals surface area contributed by atoms with Crippen molar-refractivity contribution in [2.45, 2.75) is 36.3 Å². The van der Waals surface area contributed by atoms with E-state index >= 15 is 0 Å². The minimum atomic E-state index is -0.496. The van der Waals surface area contributed by atoms with Crippen LogP contribution >= 0.6 is 0 Å². The molecule has 2 aliphatic heterocycles. The SMILES string of the molecule is C[C@@H]1CC2(C[C@H]3COC(=O)[C@]3([Se]c3ccccc3)[C@H]3C[C@@H]13)OCCO2. The van der Waals surface area contributed by atoms with Crippen molar-refractivity contribution in [1.29, 1.82) is 0 Å². The van der Waals surface area contributed by atoms with Crippen molar-refractivity contribution in [1.82, 2.24) is 0 Å². The second-order valence-corrected chi connectivity index (χ2v) is 10.8. The van der Waals surface area contributed by atoms with Crippen molar-refractivity contribution in [2.75, 3.05) is 19.8 Å². The van der Waals surface area contributed by atoms with Gasteiger partial charge in [-0.1, -0.05) is 0 Å². The average Bonchev–Trinajstić information content (AvgIpc) is 3.21. The van der Waals surface area contributed by atoms with Crippen molar-refractivity contribution >= 4 is 25.4 Å². The van der Waals surface area contributed by atoms with Gasteiger partial charge in [-0.15, -0.1) is 0 Å². The van der Waals surface area contributed by atoms with Crippen LogP contribution in [0.5, 0.6) is 0 Å². The summed E-state index contributed by atoms with van der Waals surface area (Å²) < 4.78 is 18.9. The Balaban J connectivity index is 1.55. The minimum absolute atomic E-state index is 0.0381. The molecule has 0 radical (unpaired) electrons. The monoisotopic (exact) mass is 408 g/mol. The molecule has 4 aliphatic rings. The van der Waals surface area contributed by atoms with E-state index in [-0.39, 0.29) is 31.2 Å². The predicted molar refractivity (Wildman–Crippen MR) is 93.6 cm³/mol. The molecule has 2 saturated carbocycles. The summed E-state index contributed by atoms with van der Waals surface area (Å²) >= 11 is 0.0722. The van der Waals surface area contributed by atoms with Gasteiger partial charge < -0.3 is 0 Å². The summed E-state index contributed by atoms with van der Waals surface area (Å²) in [5, 5.41) is 0. The van der Waals surface area contributed by atoms with Crippen LogP contribution in [-0.2, 0) is 19.0 Å². The third-order valence-corrected chi connectivity index (χ3v) is 9.95. The maximum atomic E-state index is 13.1. The molecule has 1 spiro atoms. The third-order valence-electron chi connectivity index (χ3n) is 6.50. The second-order valence-electron chi connectivity index (χ2n) is 8.00. The van der Waals surface area contributed by atoms with Gasteiger partial charge in [-0.2, -0.15) is 0 Å². The Kier molecular flexibility index (Phi) is 3.80. The van der Waals surface area contributed by atoms with E-state index in [4.69, 9.17) is 14.2 Å². The van der Waals surface area contributed by atoms with E-state index < -0.39 is 5.79 Å². The van der Waals surface area contributed by atoms with Gasteiger partial charge in [0, 0.05) is 0 Å². The van der Waals surface area contributed by atoms with Gasteiger partial charge in [0.1, 0.15) is 0 Å². The van der Waals surface area contributed by atoms with Crippen LogP contribution in [0.4, 0.5) is 0 Å². The Morgan fingerprint density at radius 2 is 1.88 bits per heavy atom. The van der Waals surface area contributed by atoms with Crippen LogP contribution in [0.3, 0.4) is 0 Å². The fourth-order valence-corrected chi connectivity index (χ4v) is 8.58. The number of cyclic esters (lactones) is 1. The average molecular weight is 407 g/mol. The van der Waals surface area contributed by atoms with Gasteiger partial charge >= 0.3 is 155 Å². The fourth-order valence-electron chi connectivity index (χ4n) is 5.30. The molecule has 5 atom stereocenters. The van der Waals surface area contributed by atoms with Crippen LogP contribution in [0.25, 0.3) is 0 Å². The van der Waals surface area contributed by atoms with Crippen LogP contribution in [0.1, 0.15) is 26.2 Å². The molecule has 2 aliphatic carbocycles. The summed E-state index contributed by atoms with van der Waals surface area (Å²) in [7, 11) is 0. The Morgan fingerprint density at radius 1 is 1.12 bits per heavy atom. The van der Waals surface area contributed by atoms with Crippen molar-refractivity contribution in [3.63, 3.8) is 0 Å². The van der Waals surface area contributed by atoms with E-state index in [1.165, 1.54) is 4.46 Å². The van der Waals surface area contributed by atoms with Gasteiger partial charge in [-0.3, -0.25) is 0 Å². The van der Waals surface area contributed by atoms with Crippen LogP contribution < -0.4 is 4.46 Å². The first kappa shape index (κ1) is 16.3. The van der Waals surface area contributed by atoms with Gasteiger partial charge in [0.05, 0.1) is 0 Å². The number of rotatable bonds is 2. The molecule has 5 rings (SSSR count). The van der Waals surface area contributed by atoms with E-state index in [2.05, 4.69) is 31.2 Å². The number of hydrogen-bond acceptors (Lipinski definition) is 4. The normalized spacial score (nSPS) is 41.6. The quantitative estimate of drug-likeness (QED) is 0.557. The molecule has 25 heavy (non-hydrogen) atoms. The topological polar surface area (TPSA) is 44.8 Å². The standard InChI is InChI=1S/C20H24O4Se/c1-13-10-19(23-7-8-24-19)11-14-12-22-18(21)20(14,17-9-16(13)17)25-15-5-3-2-4-6-15/h2-6,13-14,16-17H,7-12H2,1H3/t13-,14+,16+,17+,20-/m1/s1. The second kappa shape index (κ2) is 5.82. The van der Waals surface area contributed by atoms with E-state index in [0.717, 1.165) is 19.3 Å². The number of hydrogen-bond donors (Lipinski definition) is 0. The Bertz CT molecular complexity index is 672. The molecule has 4 fully saturated rings. The first-order chi connectivity index (χ1) is 12.1. The van der Waals surface area contributed by atoms with E-state index in [1.54, 1.807) is 0 Å². The summed E-state index contributed by atoms with van der Waals surface area (Å²) in [6.07, 6.45) is 2.89. The maximum absolute atomic E-state index is 13.1. The zero-order chi connectivity index (χ0) is 17.1. The van der Waals surface area contributed by atoms with Gasteiger partial charge in [0.2, 0.25) is 0 Å². The molecule has 1 aromatic carbocycles. The molecule has 0 amide bonds. The van der Waals surface area contributed by atoms with Gasteiger partial charge in [-0.25, -0.2) is 0 Å². The molecule has 2 heterocycles. The summed E-state index contributed by atoms with van der Waals surface area (Å²) in [5.74, 6) is 1.35. The van der Waals surface area contributed by atoms with E-state index in [1.807, 2.05) is 6.07 Å². The zero-order valence-electron chi connectivity index (χ0n) is 14.5. The Labute approximate surface area is 154 Å². The Hall–Kier alpha value is -0.871. The molecule has 0 unspecified atom stereocenters. The molecule has 5 heteroatoms. The van der Waals surface area contributed by atoms with Gasteiger partial charge in [0.15, 0.2) is 0 Å². The molecule has 134 valence electrons. The molecular formula is C20H24O4Se. The van der Waals surface area contributed by atoms with Crippen molar-refractivity contribution in [2.24, 2.45) is 23.7 Å². The molecular weight excluding hydrogens is 383 g/mol. The number of carbonyl (C=O) groups excluding carboxylic acids is 1. The van der Waals surface area contributed by atoms with Crippen LogP contribution in [0.15, 0.2) is 30.3 Å². The molecule has 2 saturated heterocycles. The van der Waals surface area contributed by atoms with Crippen molar-refractivity contribution in [3.8, 4) is 0 Å².